The van der Waals surface area contributed by atoms with Crippen LogP contribution in [0.15, 0.2) is 78.9 Å². The normalized spacial score (nSPS) is 23.2. The van der Waals surface area contributed by atoms with Crippen LogP contribution >= 0.6 is 0 Å². The van der Waals surface area contributed by atoms with Crippen molar-refractivity contribution in [1.29, 1.82) is 0 Å². The second kappa shape index (κ2) is 7.11. The molecular formula is C25H22N2O3. The Morgan fingerprint density at radius 1 is 0.733 bits per heavy atom. The summed E-state index contributed by atoms with van der Waals surface area (Å²) in [7, 11) is 0. The smallest absolute Gasteiger partial charge is 0.266 e. The number of aryl methyl sites for hydroxylation is 2. The molecule has 5 heteroatoms. The van der Waals surface area contributed by atoms with Gasteiger partial charge in [-0.25, -0.2) is 9.96 Å². The molecule has 0 saturated carbocycles. The van der Waals surface area contributed by atoms with Crippen molar-refractivity contribution in [2.75, 3.05) is 9.96 Å². The fraction of sp³-hybridized carbons (Fsp3) is 0.200. The number of amides is 2. The number of carbonyl (C=O) groups is 2. The van der Waals surface area contributed by atoms with Crippen molar-refractivity contribution in [1.82, 2.24) is 0 Å². The maximum atomic E-state index is 13.6. The van der Waals surface area contributed by atoms with Crippen LogP contribution in [0.4, 0.5) is 11.4 Å². The van der Waals surface area contributed by atoms with E-state index in [0.717, 1.165) is 22.4 Å². The number of fused-ring (bicyclic) bond motifs is 1. The Bertz CT molecular complexity index is 1130. The highest BCUT2D eigenvalue weighted by molar-refractivity contribution is 6.24. The Balaban J connectivity index is 1.62. The highest BCUT2D eigenvalue weighted by atomic mass is 16.7. The highest BCUT2D eigenvalue weighted by Crippen LogP contribution is 2.48. The van der Waals surface area contributed by atoms with Crippen molar-refractivity contribution in [3.8, 4) is 0 Å². The summed E-state index contributed by atoms with van der Waals surface area (Å²) >= 11 is 0. The standard InChI is InChI=1S/C25H22N2O3/c1-16-10-6-8-14-19(16)22-21-23(30-27(22)18-12-4-3-5-13-18)25(29)26(24(21)28)20-15-9-7-11-17(20)2/h3-15,21-23H,1-2H3. The summed E-state index contributed by atoms with van der Waals surface area (Å²) in [6.45, 7) is 3.92. The first-order chi connectivity index (χ1) is 14.6. The molecule has 3 unspecified atom stereocenters. The van der Waals surface area contributed by atoms with E-state index in [4.69, 9.17) is 4.84 Å². The summed E-state index contributed by atoms with van der Waals surface area (Å²) in [6.07, 6.45) is -0.845. The number of para-hydroxylation sites is 2. The monoisotopic (exact) mass is 398 g/mol. The fourth-order valence-electron chi connectivity index (χ4n) is 4.50. The zero-order valence-electron chi connectivity index (χ0n) is 16.9. The largest absolute Gasteiger partial charge is 0.273 e. The predicted octanol–water partition coefficient (Wildman–Crippen LogP) is 4.35. The van der Waals surface area contributed by atoms with Gasteiger partial charge in [-0.05, 0) is 48.7 Å². The molecule has 3 aromatic rings. The van der Waals surface area contributed by atoms with E-state index in [0.29, 0.717) is 5.69 Å². The summed E-state index contributed by atoms with van der Waals surface area (Å²) in [5.41, 5.74) is 4.37. The van der Waals surface area contributed by atoms with Crippen LogP contribution < -0.4 is 9.96 Å². The summed E-state index contributed by atoms with van der Waals surface area (Å²) < 4.78 is 0. The second-order valence-electron chi connectivity index (χ2n) is 7.81. The third kappa shape index (κ3) is 2.74. The lowest BCUT2D eigenvalue weighted by atomic mass is 9.88. The molecule has 5 nitrogen and oxygen atoms in total. The fourth-order valence-corrected chi connectivity index (χ4v) is 4.50. The van der Waals surface area contributed by atoms with Crippen LogP contribution in [0.2, 0.25) is 0 Å². The number of hydroxylamine groups is 1. The number of hydrogen-bond donors (Lipinski definition) is 0. The van der Waals surface area contributed by atoms with Gasteiger partial charge in [0.05, 0.1) is 17.4 Å². The van der Waals surface area contributed by atoms with Crippen LogP contribution in [0.1, 0.15) is 22.7 Å². The van der Waals surface area contributed by atoms with Crippen molar-refractivity contribution < 1.29 is 14.4 Å². The Hall–Kier alpha value is -3.44. The Labute approximate surface area is 175 Å². The number of carbonyl (C=O) groups excluding carboxylic acids is 2. The number of nitrogens with zero attached hydrogens (tertiary/aromatic N) is 2. The van der Waals surface area contributed by atoms with Crippen molar-refractivity contribution in [3.05, 3.63) is 95.6 Å². The van der Waals surface area contributed by atoms with Crippen LogP contribution in [0, 0.1) is 19.8 Å². The predicted molar refractivity (Wildman–Crippen MR) is 115 cm³/mol. The van der Waals surface area contributed by atoms with Gasteiger partial charge in [0.1, 0.15) is 5.92 Å². The molecule has 0 aliphatic carbocycles. The van der Waals surface area contributed by atoms with Crippen molar-refractivity contribution in [2.45, 2.75) is 26.0 Å². The van der Waals surface area contributed by atoms with Crippen LogP contribution in [-0.4, -0.2) is 17.9 Å². The van der Waals surface area contributed by atoms with Crippen molar-refractivity contribution >= 4 is 23.2 Å². The van der Waals surface area contributed by atoms with E-state index in [2.05, 4.69) is 0 Å². The lowest BCUT2D eigenvalue weighted by Gasteiger charge is -2.29. The van der Waals surface area contributed by atoms with E-state index in [1.54, 1.807) is 5.06 Å². The average Bonchev–Trinajstić information content (AvgIpc) is 3.26. The highest BCUT2D eigenvalue weighted by Gasteiger charge is 2.60. The maximum Gasteiger partial charge on any atom is 0.266 e. The molecule has 0 spiro atoms. The average molecular weight is 398 g/mol. The summed E-state index contributed by atoms with van der Waals surface area (Å²) in [5, 5.41) is 1.74. The molecule has 3 aromatic carbocycles. The molecule has 5 rings (SSSR count). The van der Waals surface area contributed by atoms with Crippen LogP contribution in [0.5, 0.6) is 0 Å². The van der Waals surface area contributed by atoms with E-state index in [9.17, 15) is 9.59 Å². The number of hydrogen-bond acceptors (Lipinski definition) is 4. The van der Waals surface area contributed by atoms with Crippen LogP contribution in [-0.2, 0) is 14.4 Å². The summed E-state index contributed by atoms with van der Waals surface area (Å²) in [6, 6.07) is 24.7. The van der Waals surface area contributed by atoms with Gasteiger partial charge in [0.2, 0.25) is 5.91 Å². The SMILES string of the molecule is Cc1ccccc1C1C2C(=O)N(c3ccccc3C)C(=O)C2ON1c1ccccc1. The quantitative estimate of drug-likeness (QED) is 0.616. The summed E-state index contributed by atoms with van der Waals surface area (Å²) in [5.74, 6) is -1.14. The lowest BCUT2D eigenvalue weighted by Crippen LogP contribution is -2.37. The molecule has 2 amide bonds. The number of rotatable bonds is 3. The molecular weight excluding hydrogens is 376 g/mol. The molecule has 0 aromatic heterocycles. The lowest BCUT2D eigenvalue weighted by molar-refractivity contribution is -0.126. The van der Waals surface area contributed by atoms with Gasteiger partial charge in [-0.2, -0.15) is 0 Å². The Morgan fingerprint density at radius 2 is 1.37 bits per heavy atom. The first-order valence-corrected chi connectivity index (χ1v) is 10.1. The van der Waals surface area contributed by atoms with Crippen LogP contribution in [0.3, 0.4) is 0 Å². The summed E-state index contributed by atoms with van der Waals surface area (Å²) in [4.78, 5) is 34.5. The third-order valence-corrected chi connectivity index (χ3v) is 5.99. The van der Waals surface area contributed by atoms with Gasteiger partial charge in [0, 0.05) is 0 Å². The second-order valence-corrected chi connectivity index (χ2v) is 7.81. The van der Waals surface area contributed by atoms with Gasteiger partial charge in [-0.1, -0.05) is 60.7 Å². The van der Waals surface area contributed by atoms with Crippen molar-refractivity contribution in [2.24, 2.45) is 5.92 Å². The Kier molecular flexibility index (Phi) is 4.40. The zero-order chi connectivity index (χ0) is 20.8. The van der Waals surface area contributed by atoms with E-state index in [1.807, 2.05) is 92.7 Å². The third-order valence-electron chi connectivity index (χ3n) is 5.99. The molecule has 3 atom stereocenters. The van der Waals surface area contributed by atoms with E-state index < -0.39 is 12.0 Å². The topological polar surface area (TPSA) is 49.9 Å². The van der Waals surface area contributed by atoms with Gasteiger partial charge in [0.25, 0.3) is 5.91 Å². The van der Waals surface area contributed by atoms with Crippen molar-refractivity contribution in [3.63, 3.8) is 0 Å². The van der Waals surface area contributed by atoms with Gasteiger partial charge in [0.15, 0.2) is 6.10 Å². The minimum atomic E-state index is -0.845. The number of imide groups is 1. The van der Waals surface area contributed by atoms with E-state index in [-0.39, 0.29) is 17.9 Å². The molecule has 2 heterocycles. The molecule has 0 radical (unpaired) electrons. The molecule has 2 fully saturated rings. The molecule has 2 aliphatic heterocycles. The molecule has 2 saturated heterocycles. The first-order valence-electron chi connectivity index (χ1n) is 10.1. The van der Waals surface area contributed by atoms with Gasteiger partial charge in [-0.3, -0.25) is 14.4 Å². The van der Waals surface area contributed by atoms with E-state index in [1.165, 1.54) is 4.90 Å². The Morgan fingerprint density at radius 3 is 2.07 bits per heavy atom. The minimum Gasteiger partial charge on any atom is -0.273 e. The maximum absolute atomic E-state index is 13.6. The number of anilines is 2. The molecule has 0 bridgehead atoms. The molecule has 2 aliphatic rings. The molecule has 0 N–H and O–H groups in total. The van der Waals surface area contributed by atoms with E-state index >= 15 is 0 Å². The van der Waals surface area contributed by atoms with Gasteiger partial charge < -0.3 is 0 Å². The van der Waals surface area contributed by atoms with Crippen LogP contribution in [0.25, 0.3) is 0 Å². The first kappa shape index (κ1) is 18.6. The van der Waals surface area contributed by atoms with Gasteiger partial charge in [-0.15, -0.1) is 0 Å². The zero-order valence-corrected chi connectivity index (χ0v) is 16.9. The minimum absolute atomic E-state index is 0.217. The van der Waals surface area contributed by atoms with Gasteiger partial charge >= 0.3 is 0 Å². The number of benzene rings is 3. The molecule has 30 heavy (non-hydrogen) atoms. The molecule has 150 valence electrons.